The molecule has 1 aromatic heterocycles. The molecular formula is C28H32N2O4. The minimum absolute atomic E-state index is 0.0481. The van der Waals surface area contributed by atoms with E-state index in [0.29, 0.717) is 24.6 Å². The first-order valence-corrected chi connectivity index (χ1v) is 11.9. The topological polar surface area (TPSA) is 91.7 Å². The number of hydrogen-bond donors (Lipinski definition) is 3. The van der Waals surface area contributed by atoms with Crippen molar-refractivity contribution in [1.82, 2.24) is 10.3 Å². The third-order valence-electron chi connectivity index (χ3n) is 6.17. The molecule has 0 saturated heterocycles. The highest BCUT2D eigenvalue weighted by molar-refractivity contribution is 5.90. The van der Waals surface area contributed by atoms with Crippen LogP contribution in [-0.2, 0) is 12.8 Å². The maximum atomic E-state index is 11.6. The van der Waals surface area contributed by atoms with Crippen LogP contribution in [0.4, 0.5) is 0 Å². The Morgan fingerprint density at radius 1 is 1.18 bits per heavy atom. The lowest BCUT2D eigenvalue weighted by atomic mass is 9.92. The smallest absolute Gasteiger partial charge is 0.335 e. The Morgan fingerprint density at radius 3 is 2.71 bits per heavy atom. The third kappa shape index (κ3) is 5.82. The van der Waals surface area contributed by atoms with Crippen LogP contribution in [0.3, 0.4) is 0 Å². The van der Waals surface area contributed by atoms with Crippen molar-refractivity contribution in [2.75, 3.05) is 13.1 Å². The number of fused-ring (bicyclic) bond motifs is 1. The Balaban J connectivity index is 1.40. The second-order valence-electron chi connectivity index (χ2n) is 9.34. The van der Waals surface area contributed by atoms with E-state index in [-0.39, 0.29) is 6.10 Å². The fourth-order valence-corrected chi connectivity index (χ4v) is 4.43. The molecule has 178 valence electrons. The van der Waals surface area contributed by atoms with E-state index in [2.05, 4.69) is 30.2 Å². The van der Waals surface area contributed by atoms with Gasteiger partial charge in [0.1, 0.15) is 11.9 Å². The molecular weight excluding hydrogens is 428 g/mol. The zero-order valence-electron chi connectivity index (χ0n) is 19.7. The van der Waals surface area contributed by atoms with Gasteiger partial charge in [0.2, 0.25) is 0 Å². The Labute approximate surface area is 200 Å². The number of aliphatic hydroxyl groups is 1. The molecule has 0 aliphatic carbocycles. The van der Waals surface area contributed by atoms with Gasteiger partial charge in [0, 0.05) is 31.0 Å². The quantitative estimate of drug-likeness (QED) is 0.430. The molecule has 2 aromatic carbocycles. The predicted octanol–water partition coefficient (Wildman–Crippen LogP) is 4.66. The van der Waals surface area contributed by atoms with E-state index in [0.717, 1.165) is 52.8 Å². The number of carbonyl (C=O) groups is 1. The molecule has 4 rings (SSSR count). The SMILES string of the molecule is CC(C)Cc1cc(-c2ccc3c(c2)CC[C@H](CNC[C@@H](O)c2cccnc2)O3)ccc1C(=O)O. The van der Waals surface area contributed by atoms with Crippen LogP contribution >= 0.6 is 0 Å². The maximum Gasteiger partial charge on any atom is 0.335 e. The number of aliphatic hydroxyl groups excluding tert-OH is 1. The van der Waals surface area contributed by atoms with Gasteiger partial charge in [0.05, 0.1) is 11.7 Å². The first kappa shape index (κ1) is 23.9. The summed E-state index contributed by atoms with van der Waals surface area (Å²) >= 11 is 0. The molecule has 0 amide bonds. The van der Waals surface area contributed by atoms with E-state index >= 15 is 0 Å². The van der Waals surface area contributed by atoms with E-state index in [1.165, 1.54) is 0 Å². The molecule has 0 saturated carbocycles. The van der Waals surface area contributed by atoms with Gasteiger partial charge in [-0.2, -0.15) is 0 Å². The number of rotatable bonds is 9. The summed E-state index contributed by atoms with van der Waals surface area (Å²) in [5, 5.41) is 23.1. The highest BCUT2D eigenvalue weighted by Gasteiger charge is 2.21. The van der Waals surface area contributed by atoms with Gasteiger partial charge in [-0.3, -0.25) is 4.98 Å². The number of ether oxygens (including phenoxy) is 1. The first-order chi connectivity index (χ1) is 16.4. The van der Waals surface area contributed by atoms with Crippen molar-refractivity contribution in [2.45, 2.75) is 45.3 Å². The maximum absolute atomic E-state index is 11.6. The van der Waals surface area contributed by atoms with Crippen LogP contribution in [0.1, 0.15) is 53.4 Å². The van der Waals surface area contributed by atoms with E-state index < -0.39 is 12.1 Å². The molecule has 6 nitrogen and oxygen atoms in total. The molecule has 1 aliphatic heterocycles. The molecule has 2 atom stereocenters. The summed E-state index contributed by atoms with van der Waals surface area (Å²) < 4.78 is 6.20. The third-order valence-corrected chi connectivity index (χ3v) is 6.17. The van der Waals surface area contributed by atoms with Crippen molar-refractivity contribution in [3.63, 3.8) is 0 Å². The number of nitrogens with one attached hydrogen (secondary N) is 1. The monoisotopic (exact) mass is 460 g/mol. The van der Waals surface area contributed by atoms with Crippen molar-refractivity contribution in [3.8, 4) is 16.9 Å². The van der Waals surface area contributed by atoms with Crippen molar-refractivity contribution < 1.29 is 19.7 Å². The minimum Gasteiger partial charge on any atom is -0.489 e. The summed E-state index contributed by atoms with van der Waals surface area (Å²) in [4.78, 5) is 15.7. The molecule has 34 heavy (non-hydrogen) atoms. The highest BCUT2D eigenvalue weighted by atomic mass is 16.5. The average Bonchev–Trinajstić information content (AvgIpc) is 2.83. The van der Waals surface area contributed by atoms with Gasteiger partial charge in [0.15, 0.2) is 0 Å². The zero-order valence-corrected chi connectivity index (χ0v) is 19.7. The highest BCUT2D eigenvalue weighted by Crippen LogP contribution is 2.33. The molecule has 0 spiro atoms. The van der Waals surface area contributed by atoms with Crippen molar-refractivity contribution in [2.24, 2.45) is 5.92 Å². The van der Waals surface area contributed by atoms with E-state index in [4.69, 9.17) is 4.74 Å². The van der Waals surface area contributed by atoms with Crippen LogP contribution < -0.4 is 10.1 Å². The molecule has 3 N–H and O–H groups in total. The second-order valence-corrected chi connectivity index (χ2v) is 9.34. The standard InChI is InChI=1S/C28H32N2O4/c1-18(2)12-23-14-19(6-9-25(23)28(32)33)20-7-10-27-21(13-20)5-8-24(34-27)16-30-17-26(31)22-4-3-11-29-15-22/h3-4,6-7,9-11,13-15,18,24,26,30-31H,5,8,12,16-17H2,1-2H3,(H,32,33)/t24-,26-/m1/s1. The molecule has 2 heterocycles. The summed E-state index contributed by atoms with van der Waals surface area (Å²) in [5.74, 6) is 0.383. The summed E-state index contributed by atoms with van der Waals surface area (Å²) in [5.41, 5.74) is 5.30. The average molecular weight is 461 g/mol. The Hall–Kier alpha value is -3.22. The summed E-state index contributed by atoms with van der Waals surface area (Å²) in [7, 11) is 0. The van der Waals surface area contributed by atoms with E-state index in [9.17, 15) is 15.0 Å². The number of carboxylic acid groups (broad SMARTS) is 1. The summed E-state index contributed by atoms with van der Waals surface area (Å²) in [6, 6.07) is 15.5. The van der Waals surface area contributed by atoms with Crippen LogP contribution in [0.25, 0.3) is 11.1 Å². The van der Waals surface area contributed by atoms with Gasteiger partial charge in [-0.05, 0) is 71.7 Å². The van der Waals surface area contributed by atoms with Gasteiger partial charge < -0.3 is 20.3 Å². The lowest BCUT2D eigenvalue weighted by Gasteiger charge is -2.27. The van der Waals surface area contributed by atoms with Crippen LogP contribution in [0.5, 0.6) is 5.75 Å². The van der Waals surface area contributed by atoms with Gasteiger partial charge in [-0.25, -0.2) is 4.79 Å². The normalized spacial score (nSPS) is 16.1. The molecule has 0 bridgehead atoms. The Kier molecular flexibility index (Phi) is 7.60. The Morgan fingerprint density at radius 2 is 1.97 bits per heavy atom. The van der Waals surface area contributed by atoms with Gasteiger partial charge in [-0.15, -0.1) is 0 Å². The van der Waals surface area contributed by atoms with Gasteiger partial charge >= 0.3 is 5.97 Å². The lowest BCUT2D eigenvalue weighted by Crippen LogP contribution is -2.36. The van der Waals surface area contributed by atoms with Gasteiger partial charge in [0.25, 0.3) is 0 Å². The molecule has 3 aromatic rings. The fourth-order valence-electron chi connectivity index (χ4n) is 4.43. The molecule has 0 radical (unpaired) electrons. The Bertz CT molecular complexity index is 1130. The number of aromatic nitrogens is 1. The molecule has 0 unspecified atom stereocenters. The van der Waals surface area contributed by atoms with E-state index in [1.807, 2.05) is 36.4 Å². The van der Waals surface area contributed by atoms with Crippen molar-refractivity contribution >= 4 is 5.97 Å². The van der Waals surface area contributed by atoms with Crippen LogP contribution in [0.2, 0.25) is 0 Å². The molecule has 0 fully saturated rings. The van der Waals surface area contributed by atoms with Gasteiger partial charge in [-0.1, -0.05) is 38.1 Å². The minimum atomic E-state index is -0.881. The summed E-state index contributed by atoms with van der Waals surface area (Å²) in [6.45, 7) is 5.30. The van der Waals surface area contributed by atoms with E-state index in [1.54, 1.807) is 18.5 Å². The number of aromatic carboxylic acids is 1. The zero-order chi connectivity index (χ0) is 24.1. The number of pyridine rings is 1. The van der Waals surface area contributed by atoms with Crippen molar-refractivity contribution in [3.05, 3.63) is 83.2 Å². The predicted molar refractivity (Wildman–Crippen MR) is 132 cm³/mol. The van der Waals surface area contributed by atoms with Crippen LogP contribution in [0, 0.1) is 5.92 Å². The first-order valence-electron chi connectivity index (χ1n) is 11.9. The number of benzene rings is 2. The summed E-state index contributed by atoms with van der Waals surface area (Å²) in [6.07, 6.45) is 5.35. The second kappa shape index (κ2) is 10.8. The number of aryl methyl sites for hydroxylation is 1. The van der Waals surface area contributed by atoms with Crippen LogP contribution in [-0.4, -0.2) is 40.4 Å². The fraction of sp³-hybridized carbons (Fsp3) is 0.357. The number of carboxylic acids is 1. The molecule has 6 heteroatoms. The van der Waals surface area contributed by atoms with Crippen LogP contribution in [0.15, 0.2) is 60.9 Å². The lowest BCUT2D eigenvalue weighted by molar-refractivity contribution is 0.0695. The largest absolute Gasteiger partial charge is 0.489 e. The molecule has 1 aliphatic rings. The number of nitrogens with zero attached hydrogens (tertiary/aromatic N) is 1. The number of hydrogen-bond acceptors (Lipinski definition) is 5. The van der Waals surface area contributed by atoms with Crippen molar-refractivity contribution in [1.29, 1.82) is 0 Å².